The van der Waals surface area contributed by atoms with Crippen LogP contribution < -0.4 is 4.74 Å². The average Bonchev–Trinajstić information content (AvgIpc) is 3.77. The predicted molar refractivity (Wildman–Crippen MR) is 186 cm³/mol. The van der Waals surface area contributed by atoms with Gasteiger partial charge in [0.25, 0.3) is 10.4 Å². The Balaban J connectivity index is 1.01. The third kappa shape index (κ3) is 5.48. The smallest absolute Gasteiger partial charge is 0.281 e. The maximum absolute atomic E-state index is 6.15. The summed E-state index contributed by atoms with van der Waals surface area (Å²) < 4.78 is 10.4. The summed E-state index contributed by atoms with van der Waals surface area (Å²) in [6.45, 7) is 4.19. The van der Waals surface area contributed by atoms with Crippen molar-refractivity contribution in [2.24, 2.45) is 0 Å². The number of aryl methyl sites for hydroxylation is 2. The molecule has 43 heavy (non-hydrogen) atoms. The van der Waals surface area contributed by atoms with Gasteiger partial charge in [0.15, 0.2) is 0 Å². The van der Waals surface area contributed by atoms with Crippen LogP contribution in [0.4, 0.5) is 0 Å². The van der Waals surface area contributed by atoms with Crippen molar-refractivity contribution < 1.29 is 4.74 Å². The molecule has 0 saturated carbocycles. The number of hydrogen-bond donors (Lipinski definition) is 0. The van der Waals surface area contributed by atoms with Gasteiger partial charge in [0.2, 0.25) is 0 Å². The molecule has 208 valence electrons. The Morgan fingerprint density at radius 3 is 1.26 bits per heavy atom. The van der Waals surface area contributed by atoms with Crippen molar-refractivity contribution in [2.45, 2.75) is 13.8 Å². The van der Waals surface area contributed by atoms with Gasteiger partial charge in [0.1, 0.15) is 10.0 Å². The lowest BCUT2D eigenvalue weighted by Crippen LogP contribution is -1.80. The highest BCUT2D eigenvalue weighted by molar-refractivity contribution is 7.22. The van der Waals surface area contributed by atoms with E-state index in [0.717, 1.165) is 62.0 Å². The lowest BCUT2D eigenvalue weighted by atomic mass is 10.1. The zero-order valence-corrected chi connectivity index (χ0v) is 26.3. The van der Waals surface area contributed by atoms with E-state index in [0.29, 0.717) is 10.4 Å². The van der Waals surface area contributed by atoms with Gasteiger partial charge in [-0.05, 0) is 61.4 Å². The molecule has 0 aliphatic rings. The summed E-state index contributed by atoms with van der Waals surface area (Å²) in [5.74, 6) is 0. The fourth-order valence-corrected chi connectivity index (χ4v) is 8.17. The van der Waals surface area contributed by atoms with Gasteiger partial charge in [0, 0.05) is 0 Å². The number of benzene rings is 4. The second-order valence-corrected chi connectivity index (χ2v) is 14.3. The SMILES string of the molecule is Cc1ccc(C=Cc2nc3cc4sc(Oc5nc6cc7sc(C=Cc8ccc(C)cc8)nc7cc6s5)nc4cc3s2)cc1. The summed E-state index contributed by atoms with van der Waals surface area (Å²) in [7, 11) is 0. The molecule has 0 aliphatic heterocycles. The molecule has 0 fully saturated rings. The molecule has 8 rings (SSSR count). The van der Waals surface area contributed by atoms with Crippen LogP contribution in [0.1, 0.15) is 32.3 Å². The van der Waals surface area contributed by atoms with Crippen molar-refractivity contribution in [3.63, 3.8) is 0 Å². The van der Waals surface area contributed by atoms with Gasteiger partial charge in [-0.15, -0.1) is 22.7 Å². The van der Waals surface area contributed by atoms with E-state index in [9.17, 15) is 0 Å². The molecule has 0 bridgehead atoms. The monoisotopic (exact) mass is 630 g/mol. The largest absolute Gasteiger partial charge is 0.402 e. The second kappa shape index (κ2) is 10.8. The molecule has 8 aromatic rings. The van der Waals surface area contributed by atoms with Crippen molar-refractivity contribution in [2.75, 3.05) is 0 Å². The summed E-state index contributed by atoms with van der Waals surface area (Å²) in [5.41, 5.74) is 8.58. The Morgan fingerprint density at radius 1 is 0.465 bits per heavy atom. The number of ether oxygens (including phenoxy) is 1. The van der Waals surface area contributed by atoms with E-state index >= 15 is 0 Å². The molecule has 0 spiro atoms. The zero-order chi connectivity index (χ0) is 28.9. The Labute approximate surface area is 263 Å². The van der Waals surface area contributed by atoms with Gasteiger partial charge in [-0.1, -0.05) is 94.5 Å². The summed E-state index contributed by atoms with van der Waals surface area (Å²) in [6, 6.07) is 25.3. The van der Waals surface area contributed by atoms with Crippen molar-refractivity contribution >= 4 is 111 Å². The molecular formula is C34H22N4OS4. The number of thiazole rings is 4. The number of rotatable bonds is 6. The van der Waals surface area contributed by atoms with Crippen LogP contribution in [0.3, 0.4) is 0 Å². The first-order valence-electron chi connectivity index (χ1n) is 13.6. The first-order chi connectivity index (χ1) is 21.0. The summed E-state index contributed by atoms with van der Waals surface area (Å²) in [5, 5.41) is 3.11. The maximum Gasteiger partial charge on any atom is 0.281 e. The standard InChI is InChI=1S/C34H22N4OS4/c1-19-3-7-21(8-4-19)11-13-31-35-23-15-29-25(17-27(23)40-31)37-33(42-29)39-34-38-26-18-28-24(16-30(26)43-34)36-32(41-28)14-12-22-9-5-20(2)6-10-22/h3-18H,1-2H3. The molecule has 0 unspecified atom stereocenters. The van der Waals surface area contributed by atoms with Crippen molar-refractivity contribution in [1.29, 1.82) is 0 Å². The highest BCUT2D eigenvalue weighted by Crippen LogP contribution is 2.39. The third-order valence-corrected chi connectivity index (χ3v) is 10.7. The predicted octanol–water partition coefficient (Wildman–Crippen LogP) is 10.9. The minimum atomic E-state index is 0.578. The molecule has 5 nitrogen and oxygen atoms in total. The Bertz CT molecular complexity index is 2070. The van der Waals surface area contributed by atoms with Crippen LogP contribution in [0.25, 0.3) is 65.2 Å². The molecule has 4 heterocycles. The van der Waals surface area contributed by atoms with Gasteiger partial charge < -0.3 is 4.74 Å². The molecule has 0 aliphatic carbocycles. The van der Waals surface area contributed by atoms with Gasteiger partial charge in [0.05, 0.1) is 40.9 Å². The molecule has 0 N–H and O–H groups in total. The number of fused-ring (bicyclic) bond motifs is 4. The summed E-state index contributed by atoms with van der Waals surface area (Å²) in [4.78, 5) is 19.2. The maximum atomic E-state index is 6.15. The van der Waals surface area contributed by atoms with E-state index in [2.05, 4.69) is 111 Å². The quantitative estimate of drug-likeness (QED) is 0.183. The van der Waals surface area contributed by atoms with Crippen LogP contribution in [-0.2, 0) is 0 Å². The lowest BCUT2D eigenvalue weighted by Gasteiger charge is -1.93. The molecule has 0 saturated heterocycles. The van der Waals surface area contributed by atoms with E-state index < -0.39 is 0 Å². The lowest BCUT2D eigenvalue weighted by molar-refractivity contribution is 0.478. The Hall–Kier alpha value is -4.28. The number of nitrogens with zero attached hydrogens (tertiary/aromatic N) is 4. The van der Waals surface area contributed by atoms with Crippen molar-refractivity contribution in [1.82, 2.24) is 19.9 Å². The topological polar surface area (TPSA) is 60.8 Å². The van der Waals surface area contributed by atoms with E-state index in [1.165, 1.54) is 33.8 Å². The van der Waals surface area contributed by atoms with E-state index in [4.69, 9.17) is 24.7 Å². The molecule has 0 amide bonds. The van der Waals surface area contributed by atoms with Gasteiger partial charge >= 0.3 is 0 Å². The summed E-state index contributed by atoms with van der Waals surface area (Å²) >= 11 is 6.35. The average molecular weight is 631 g/mol. The van der Waals surface area contributed by atoms with Crippen LogP contribution >= 0.6 is 45.3 Å². The van der Waals surface area contributed by atoms with Gasteiger partial charge in [-0.3, -0.25) is 0 Å². The fraction of sp³-hybridized carbons (Fsp3) is 0.0588. The molecule has 0 atom stereocenters. The minimum absolute atomic E-state index is 0.578. The van der Waals surface area contributed by atoms with Crippen LogP contribution in [0, 0.1) is 13.8 Å². The van der Waals surface area contributed by atoms with Gasteiger partial charge in [-0.2, -0.15) is 0 Å². The molecular weight excluding hydrogens is 609 g/mol. The number of aromatic nitrogens is 4. The van der Waals surface area contributed by atoms with Crippen molar-refractivity contribution in [3.05, 3.63) is 105 Å². The first-order valence-corrected chi connectivity index (χ1v) is 16.9. The second-order valence-electron chi connectivity index (χ2n) is 10.2. The number of hydrogen-bond acceptors (Lipinski definition) is 9. The highest BCUT2D eigenvalue weighted by Gasteiger charge is 2.14. The van der Waals surface area contributed by atoms with E-state index in [1.54, 1.807) is 22.7 Å². The highest BCUT2D eigenvalue weighted by atomic mass is 32.1. The van der Waals surface area contributed by atoms with Crippen molar-refractivity contribution in [3.8, 4) is 10.4 Å². The van der Waals surface area contributed by atoms with E-state index in [1.807, 2.05) is 0 Å². The molecule has 0 radical (unpaired) electrons. The fourth-order valence-electron chi connectivity index (χ4n) is 4.69. The first kappa shape index (κ1) is 26.4. The molecule has 4 aromatic carbocycles. The van der Waals surface area contributed by atoms with Crippen LogP contribution in [0.15, 0.2) is 72.8 Å². The summed E-state index contributed by atoms with van der Waals surface area (Å²) in [6.07, 6.45) is 8.34. The molecule has 4 aromatic heterocycles. The minimum Gasteiger partial charge on any atom is -0.402 e. The van der Waals surface area contributed by atoms with Gasteiger partial charge in [-0.25, -0.2) is 19.9 Å². The van der Waals surface area contributed by atoms with Crippen LogP contribution in [-0.4, -0.2) is 19.9 Å². The van der Waals surface area contributed by atoms with Crippen LogP contribution in [0.2, 0.25) is 0 Å². The zero-order valence-electron chi connectivity index (χ0n) is 23.1. The van der Waals surface area contributed by atoms with Crippen LogP contribution in [0.5, 0.6) is 10.4 Å². The Kier molecular flexibility index (Phi) is 6.60. The van der Waals surface area contributed by atoms with E-state index in [-0.39, 0.29) is 0 Å². The Morgan fingerprint density at radius 2 is 0.837 bits per heavy atom. The molecule has 9 heteroatoms. The normalized spacial score (nSPS) is 12.2. The third-order valence-electron chi connectivity index (χ3n) is 6.96.